The summed E-state index contributed by atoms with van der Waals surface area (Å²) >= 11 is 0. The predicted molar refractivity (Wildman–Crippen MR) is 121 cm³/mol. The van der Waals surface area contributed by atoms with Crippen molar-refractivity contribution in [2.45, 2.75) is 19.3 Å². The Balaban J connectivity index is 1.20. The third kappa shape index (κ3) is 7.19. The van der Waals surface area contributed by atoms with Crippen LogP contribution in [0.15, 0.2) is 60.7 Å². The Labute approximate surface area is 179 Å². The maximum atomic E-state index is 12.0. The number of carbonyl (C=O) groups excluding carboxylic acids is 2. The highest BCUT2D eigenvalue weighted by Crippen LogP contribution is 2.15. The summed E-state index contributed by atoms with van der Waals surface area (Å²) < 4.78 is 0. The van der Waals surface area contributed by atoms with E-state index in [4.69, 9.17) is 0 Å². The van der Waals surface area contributed by atoms with Gasteiger partial charge in [0.1, 0.15) is 0 Å². The molecular weight excluding hydrogens is 376 g/mol. The van der Waals surface area contributed by atoms with Crippen LogP contribution >= 0.6 is 0 Å². The molecule has 0 spiro atoms. The molecule has 2 N–H and O–H groups in total. The van der Waals surface area contributed by atoms with E-state index in [1.54, 1.807) is 12.1 Å². The van der Waals surface area contributed by atoms with Crippen LogP contribution in [-0.4, -0.2) is 62.5 Å². The van der Waals surface area contributed by atoms with Gasteiger partial charge in [0.25, 0.3) is 5.91 Å². The quantitative estimate of drug-likeness (QED) is 0.593. The predicted octanol–water partition coefficient (Wildman–Crippen LogP) is 2.53. The summed E-state index contributed by atoms with van der Waals surface area (Å²) in [6, 6.07) is 19.7. The van der Waals surface area contributed by atoms with Crippen LogP contribution in [0.3, 0.4) is 0 Å². The number of nitrogens with zero attached hydrogens (tertiary/aromatic N) is 2. The molecule has 0 atom stereocenters. The largest absolute Gasteiger partial charge is 0.369 e. The minimum absolute atomic E-state index is 0.0536. The van der Waals surface area contributed by atoms with Gasteiger partial charge in [0.2, 0.25) is 5.91 Å². The molecule has 2 amide bonds. The van der Waals surface area contributed by atoms with Crippen molar-refractivity contribution in [1.29, 1.82) is 0 Å². The summed E-state index contributed by atoms with van der Waals surface area (Å²) in [6.45, 7) is 6.43. The first-order chi connectivity index (χ1) is 14.7. The molecule has 3 rings (SSSR count). The second kappa shape index (κ2) is 12.0. The van der Waals surface area contributed by atoms with Crippen molar-refractivity contribution in [2.75, 3.05) is 50.7 Å². The summed E-state index contributed by atoms with van der Waals surface area (Å²) in [4.78, 5) is 28.8. The van der Waals surface area contributed by atoms with Crippen molar-refractivity contribution >= 4 is 17.5 Å². The molecule has 0 aromatic heterocycles. The minimum Gasteiger partial charge on any atom is -0.369 e. The molecule has 6 nitrogen and oxygen atoms in total. The van der Waals surface area contributed by atoms with Crippen LogP contribution in [0.2, 0.25) is 0 Å². The molecule has 30 heavy (non-hydrogen) atoms. The standard InChI is InChI=1S/C24H32N4O2/c29-23(13-7-14-26-24(30)21-9-3-1-4-10-21)25-15-8-16-27-17-19-28(20-18-27)22-11-5-2-6-12-22/h1-6,9-12H,7-8,13-20H2,(H,25,29)(H,26,30). The first-order valence-electron chi connectivity index (χ1n) is 10.8. The first kappa shape index (κ1) is 21.8. The fourth-order valence-electron chi connectivity index (χ4n) is 3.63. The highest BCUT2D eigenvalue weighted by Gasteiger charge is 2.16. The number of para-hydroxylation sites is 1. The van der Waals surface area contributed by atoms with E-state index in [1.807, 2.05) is 18.2 Å². The molecule has 0 unspecified atom stereocenters. The Bertz CT molecular complexity index is 774. The number of rotatable bonds is 10. The fraction of sp³-hybridized carbons (Fsp3) is 0.417. The van der Waals surface area contributed by atoms with Gasteiger partial charge >= 0.3 is 0 Å². The van der Waals surface area contributed by atoms with E-state index < -0.39 is 0 Å². The van der Waals surface area contributed by atoms with Crippen molar-refractivity contribution in [2.24, 2.45) is 0 Å². The Kier molecular flexibility index (Phi) is 8.72. The lowest BCUT2D eigenvalue weighted by Crippen LogP contribution is -2.47. The van der Waals surface area contributed by atoms with Gasteiger partial charge in [0.15, 0.2) is 0 Å². The van der Waals surface area contributed by atoms with Gasteiger partial charge < -0.3 is 15.5 Å². The third-order valence-corrected chi connectivity index (χ3v) is 5.37. The van der Waals surface area contributed by atoms with Crippen LogP contribution in [0.1, 0.15) is 29.6 Å². The van der Waals surface area contributed by atoms with E-state index in [0.29, 0.717) is 31.5 Å². The van der Waals surface area contributed by atoms with Crippen LogP contribution in [0.4, 0.5) is 5.69 Å². The molecule has 1 saturated heterocycles. The normalized spacial score (nSPS) is 14.3. The molecule has 6 heteroatoms. The topological polar surface area (TPSA) is 64.7 Å². The molecule has 1 heterocycles. The average Bonchev–Trinajstić information content (AvgIpc) is 2.81. The summed E-state index contributed by atoms with van der Waals surface area (Å²) in [6.07, 6.45) is 2.04. The molecule has 0 bridgehead atoms. The number of hydrogen-bond donors (Lipinski definition) is 2. The lowest BCUT2D eigenvalue weighted by atomic mass is 10.2. The number of nitrogens with one attached hydrogen (secondary N) is 2. The molecular formula is C24H32N4O2. The zero-order valence-electron chi connectivity index (χ0n) is 17.6. The van der Waals surface area contributed by atoms with Crippen LogP contribution in [0.25, 0.3) is 0 Å². The van der Waals surface area contributed by atoms with Gasteiger partial charge in [-0.05, 0) is 43.7 Å². The van der Waals surface area contributed by atoms with Crippen molar-refractivity contribution in [3.8, 4) is 0 Å². The fourth-order valence-corrected chi connectivity index (χ4v) is 3.63. The van der Waals surface area contributed by atoms with E-state index in [1.165, 1.54) is 5.69 Å². The van der Waals surface area contributed by atoms with Gasteiger partial charge in [-0.15, -0.1) is 0 Å². The monoisotopic (exact) mass is 408 g/mol. The molecule has 0 aliphatic carbocycles. The Hall–Kier alpha value is -2.86. The Morgan fingerprint density at radius 2 is 1.40 bits per heavy atom. The zero-order valence-corrected chi connectivity index (χ0v) is 17.6. The highest BCUT2D eigenvalue weighted by molar-refractivity contribution is 5.94. The lowest BCUT2D eigenvalue weighted by Gasteiger charge is -2.36. The number of anilines is 1. The summed E-state index contributed by atoms with van der Waals surface area (Å²) in [5, 5.41) is 5.84. The second-order valence-corrected chi connectivity index (χ2v) is 7.59. The Morgan fingerprint density at radius 1 is 0.767 bits per heavy atom. The lowest BCUT2D eigenvalue weighted by molar-refractivity contribution is -0.121. The zero-order chi connectivity index (χ0) is 21.0. The molecule has 0 saturated carbocycles. The number of benzene rings is 2. The average molecular weight is 409 g/mol. The Morgan fingerprint density at radius 3 is 2.10 bits per heavy atom. The molecule has 160 valence electrons. The summed E-state index contributed by atoms with van der Waals surface area (Å²) in [5.74, 6) is -0.0405. The van der Waals surface area contributed by atoms with Gasteiger partial charge in [-0.25, -0.2) is 0 Å². The van der Waals surface area contributed by atoms with Gasteiger partial charge in [0.05, 0.1) is 0 Å². The van der Waals surface area contributed by atoms with E-state index in [9.17, 15) is 9.59 Å². The van der Waals surface area contributed by atoms with Gasteiger partial charge in [-0.2, -0.15) is 0 Å². The summed E-state index contributed by atoms with van der Waals surface area (Å²) in [5.41, 5.74) is 1.94. The number of hydrogen-bond acceptors (Lipinski definition) is 4. The van der Waals surface area contributed by atoms with Crippen molar-refractivity contribution in [1.82, 2.24) is 15.5 Å². The number of amides is 2. The van der Waals surface area contributed by atoms with Crippen molar-refractivity contribution in [3.05, 3.63) is 66.2 Å². The van der Waals surface area contributed by atoms with Gasteiger partial charge in [0, 0.05) is 56.9 Å². The van der Waals surface area contributed by atoms with Crippen molar-refractivity contribution in [3.63, 3.8) is 0 Å². The first-order valence-corrected chi connectivity index (χ1v) is 10.8. The molecule has 2 aromatic rings. The molecule has 0 radical (unpaired) electrons. The smallest absolute Gasteiger partial charge is 0.251 e. The van der Waals surface area contributed by atoms with E-state index in [2.05, 4.69) is 50.8 Å². The summed E-state index contributed by atoms with van der Waals surface area (Å²) in [7, 11) is 0. The number of carbonyl (C=O) groups is 2. The van der Waals surface area contributed by atoms with Crippen LogP contribution in [-0.2, 0) is 4.79 Å². The van der Waals surface area contributed by atoms with E-state index >= 15 is 0 Å². The number of piperazine rings is 1. The molecule has 1 aliphatic rings. The molecule has 1 fully saturated rings. The third-order valence-electron chi connectivity index (χ3n) is 5.37. The van der Waals surface area contributed by atoms with E-state index in [-0.39, 0.29) is 11.8 Å². The maximum Gasteiger partial charge on any atom is 0.251 e. The molecule has 1 aliphatic heterocycles. The van der Waals surface area contributed by atoms with Crippen LogP contribution in [0, 0.1) is 0 Å². The molecule has 2 aromatic carbocycles. The van der Waals surface area contributed by atoms with Crippen molar-refractivity contribution < 1.29 is 9.59 Å². The van der Waals surface area contributed by atoms with Crippen LogP contribution in [0.5, 0.6) is 0 Å². The second-order valence-electron chi connectivity index (χ2n) is 7.59. The van der Waals surface area contributed by atoms with Gasteiger partial charge in [-0.3, -0.25) is 14.5 Å². The van der Waals surface area contributed by atoms with Crippen LogP contribution < -0.4 is 15.5 Å². The van der Waals surface area contributed by atoms with E-state index in [0.717, 1.165) is 39.1 Å². The van der Waals surface area contributed by atoms with Gasteiger partial charge in [-0.1, -0.05) is 36.4 Å². The minimum atomic E-state index is -0.0941. The maximum absolute atomic E-state index is 12.0. The highest BCUT2D eigenvalue weighted by atomic mass is 16.2. The SMILES string of the molecule is O=C(CCCNC(=O)c1ccccc1)NCCCN1CCN(c2ccccc2)CC1.